The van der Waals surface area contributed by atoms with Gasteiger partial charge in [0.1, 0.15) is 5.82 Å². The number of hydrogen-bond donors (Lipinski definition) is 0. The standard InChI is InChI=1S/C21H13F5N4O2/c22-17(23)20-29-28-19(32-20)14-3-1-12(2-4-14)11-30-16(31)9-10-27-18(30)13-5-7-15(8-6-13)21(24,25)26/h1-10,17H,11H2. The van der Waals surface area contributed by atoms with E-state index in [0.717, 1.165) is 12.1 Å². The minimum atomic E-state index is -4.47. The molecule has 4 aromatic rings. The first-order chi connectivity index (χ1) is 15.2. The Hall–Kier alpha value is -3.89. The third-order valence-corrected chi connectivity index (χ3v) is 4.57. The molecule has 0 N–H and O–H groups in total. The van der Waals surface area contributed by atoms with Crippen LogP contribution < -0.4 is 5.56 Å². The molecule has 0 fully saturated rings. The van der Waals surface area contributed by atoms with Gasteiger partial charge < -0.3 is 4.42 Å². The summed E-state index contributed by atoms with van der Waals surface area (Å²) in [6.07, 6.45) is -6.07. The maximum Gasteiger partial charge on any atom is 0.416 e. The number of alkyl halides is 5. The van der Waals surface area contributed by atoms with E-state index in [2.05, 4.69) is 15.2 Å². The fourth-order valence-corrected chi connectivity index (χ4v) is 3.00. The predicted octanol–water partition coefficient (Wildman–Crippen LogP) is 4.97. The highest BCUT2D eigenvalue weighted by atomic mass is 19.4. The lowest BCUT2D eigenvalue weighted by molar-refractivity contribution is -0.137. The second kappa shape index (κ2) is 8.33. The topological polar surface area (TPSA) is 73.8 Å². The van der Waals surface area contributed by atoms with E-state index in [4.69, 9.17) is 4.42 Å². The van der Waals surface area contributed by atoms with Crippen LogP contribution in [0.5, 0.6) is 0 Å². The van der Waals surface area contributed by atoms with Crippen LogP contribution in [0.1, 0.15) is 23.4 Å². The quantitative estimate of drug-likeness (QED) is 0.404. The molecule has 6 nitrogen and oxygen atoms in total. The molecule has 0 aliphatic heterocycles. The largest absolute Gasteiger partial charge is 0.416 e. The first-order valence-electron chi connectivity index (χ1n) is 9.17. The van der Waals surface area contributed by atoms with Crippen LogP contribution >= 0.6 is 0 Å². The Balaban J connectivity index is 1.61. The van der Waals surface area contributed by atoms with Crippen molar-refractivity contribution in [3.8, 4) is 22.8 Å². The van der Waals surface area contributed by atoms with Gasteiger partial charge in [-0.15, -0.1) is 10.2 Å². The molecule has 4 rings (SSSR count). The highest BCUT2D eigenvalue weighted by Crippen LogP contribution is 2.30. The van der Waals surface area contributed by atoms with Crippen LogP contribution in [0, 0.1) is 0 Å². The molecule has 0 spiro atoms. The van der Waals surface area contributed by atoms with Crippen molar-refractivity contribution in [1.82, 2.24) is 19.7 Å². The minimum Gasteiger partial charge on any atom is -0.415 e. The summed E-state index contributed by atoms with van der Waals surface area (Å²) in [7, 11) is 0. The van der Waals surface area contributed by atoms with Crippen LogP contribution in [0.25, 0.3) is 22.8 Å². The fraction of sp³-hybridized carbons (Fsp3) is 0.143. The Labute approximate surface area is 177 Å². The van der Waals surface area contributed by atoms with E-state index in [1.807, 2.05) is 0 Å². The molecule has 0 aliphatic carbocycles. The van der Waals surface area contributed by atoms with Crippen molar-refractivity contribution < 1.29 is 26.4 Å². The maximum absolute atomic E-state index is 12.8. The van der Waals surface area contributed by atoms with Crippen molar-refractivity contribution in [2.75, 3.05) is 0 Å². The molecule has 0 saturated heterocycles. The lowest BCUT2D eigenvalue weighted by Gasteiger charge is -2.13. The van der Waals surface area contributed by atoms with E-state index >= 15 is 0 Å². The van der Waals surface area contributed by atoms with Crippen LogP contribution in [-0.2, 0) is 12.7 Å². The summed E-state index contributed by atoms with van der Waals surface area (Å²) in [5.74, 6) is -0.656. The minimum absolute atomic E-state index is 0.0733. The first-order valence-corrected chi connectivity index (χ1v) is 9.17. The van der Waals surface area contributed by atoms with E-state index in [-0.39, 0.29) is 18.3 Å². The highest BCUT2D eigenvalue weighted by molar-refractivity contribution is 5.56. The molecule has 0 amide bonds. The van der Waals surface area contributed by atoms with Crippen LogP contribution in [0.15, 0.2) is 70.0 Å². The van der Waals surface area contributed by atoms with Crippen molar-refractivity contribution in [2.24, 2.45) is 0 Å². The number of hydrogen-bond acceptors (Lipinski definition) is 5. The van der Waals surface area contributed by atoms with Gasteiger partial charge in [0.2, 0.25) is 5.89 Å². The molecule has 164 valence electrons. The van der Waals surface area contributed by atoms with E-state index in [1.165, 1.54) is 29.0 Å². The lowest BCUT2D eigenvalue weighted by Crippen LogP contribution is -2.22. The summed E-state index contributed by atoms with van der Waals surface area (Å²) in [5, 5.41) is 6.84. The highest BCUT2D eigenvalue weighted by Gasteiger charge is 2.30. The second-order valence-corrected chi connectivity index (χ2v) is 6.71. The lowest BCUT2D eigenvalue weighted by atomic mass is 10.1. The molecule has 0 aliphatic rings. The van der Waals surface area contributed by atoms with Gasteiger partial charge in [-0.05, 0) is 29.8 Å². The normalized spacial score (nSPS) is 11.8. The molecule has 0 radical (unpaired) electrons. The Kier molecular flexibility index (Phi) is 5.56. The molecular formula is C21H13F5N4O2. The van der Waals surface area contributed by atoms with Gasteiger partial charge in [0.25, 0.3) is 11.4 Å². The van der Waals surface area contributed by atoms with Crippen molar-refractivity contribution >= 4 is 0 Å². The number of nitrogens with zero attached hydrogens (tertiary/aromatic N) is 4. The van der Waals surface area contributed by atoms with Gasteiger partial charge in [0, 0.05) is 23.4 Å². The Morgan fingerprint density at radius 2 is 1.56 bits per heavy atom. The molecule has 2 aromatic heterocycles. The summed E-state index contributed by atoms with van der Waals surface area (Å²) >= 11 is 0. The monoisotopic (exact) mass is 448 g/mol. The summed E-state index contributed by atoms with van der Waals surface area (Å²) in [5.41, 5.74) is 0.216. The van der Waals surface area contributed by atoms with Crippen LogP contribution in [-0.4, -0.2) is 19.7 Å². The molecular weight excluding hydrogens is 435 g/mol. The molecule has 0 atom stereocenters. The number of benzene rings is 2. The summed E-state index contributed by atoms with van der Waals surface area (Å²) in [6, 6.07) is 12.0. The van der Waals surface area contributed by atoms with Gasteiger partial charge in [-0.1, -0.05) is 24.3 Å². The predicted molar refractivity (Wildman–Crippen MR) is 103 cm³/mol. The molecule has 2 heterocycles. The maximum atomic E-state index is 12.8. The SMILES string of the molecule is O=c1ccnc(-c2ccc(C(F)(F)F)cc2)n1Cc1ccc(-c2nnc(C(F)F)o2)cc1. The van der Waals surface area contributed by atoms with Gasteiger partial charge in [0.05, 0.1) is 12.1 Å². The van der Waals surface area contributed by atoms with Gasteiger partial charge in [0.15, 0.2) is 0 Å². The third-order valence-electron chi connectivity index (χ3n) is 4.57. The van der Waals surface area contributed by atoms with E-state index in [9.17, 15) is 26.7 Å². The van der Waals surface area contributed by atoms with Crippen molar-refractivity contribution in [3.63, 3.8) is 0 Å². The zero-order valence-electron chi connectivity index (χ0n) is 16.1. The van der Waals surface area contributed by atoms with Crippen LogP contribution in [0.3, 0.4) is 0 Å². The number of aromatic nitrogens is 4. The molecule has 32 heavy (non-hydrogen) atoms. The van der Waals surface area contributed by atoms with Gasteiger partial charge in [-0.3, -0.25) is 9.36 Å². The second-order valence-electron chi connectivity index (χ2n) is 6.71. The van der Waals surface area contributed by atoms with E-state index in [1.54, 1.807) is 24.3 Å². The molecule has 0 unspecified atom stereocenters. The smallest absolute Gasteiger partial charge is 0.415 e. The summed E-state index contributed by atoms with van der Waals surface area (Å²) < 4.78 is 69.9. The molecule has 2 aromatic carbocycles. The number of halogens is 5. The zero-order valence-corrected chi connectivity index (χ0v) is 16.1. The fourth-order valence-electron chi connectivity index (χ4n) is 3.00. The van der Waals surface area contributed by atoms with Gasteiger partial charge in [-0.2, -0.15) is 22.0 Å². The van der Waals surface area contributed by atoms with Crippen molar-refractivity contribution in [2.45, 2.75) is 19.1 Å². The van der Waals surface area contributed by atoms with Gasteiger partial charge in [-0.25, -0.2) is 4.98 Å². The zero-order chi connectivity index (χ0) is 22.9. The van der Waals surface area contributed by atoms with Crippen LogP contribution in [0.4, 0.5) is 22.0 Å². The molecule has 11 heteroatoms. The average molecular weight is 448 g/mol. The Morgan fingerprint density at radius 3 is 2.16 bits per heavy atom. The Morgan fingerprint density at radius 1 is 0.906 bits per heavy atom. The number of rotatable bonds is 5. The average Bonchev–Trinajstić information content (AvgIpc) is 3.26. The Bertz CT molecular complexity index is 1280. The van der Waals surface area contributed by atoms with E-state index in [0.29, 0.717) is 16.7 Å². The summed E-state index contributed by atoms with van der Waals surface area (Å²) in [6.45, 7) is 0.0788. The van der Waals surface area contributed by atoms with E-state index < -0.39 is 29.6 Å². The third kappa shape index (κ3) is 4.41. The van der Waals surface area contributed by atoms with Crippen molar-refractivity contribution in [1.29, 1.82) is 0 Å². The molecule has 0 bridgehead atoms. The first kappa shape index (κ1) is 21.3. The van der Waals surface area contributed by atoms with Crippen LogP contribution in [0.2, 0.25) is 0 Å². The van der Waals surface area contributed by atoms with Gasteiger partial charge >= 0.3 is 12.6 Å². The van der Waals surface area contributed by atoms with Crippen molar-refractivity contribution in [3.05, 3.63) is 88.2 Å². The summed E-state index contributed by atoms with van der Waals surface area (Å²) in [4.78, 5) is 16.6. The molecule has 0 saturated carbocycles.